The second-order valence-electron chi connectivity index (χ2n) is 6.49. The Morgan fingerprint density at radius 3 is 2.71 bits per heavy atom. The van der Waals surface area contributed by atoms with E-state index in [0.717, 1.165) is 43.6 Å². The third-order valence-corrected chi connectivity index (χ3v) is 4.10. The molecule has 0 fully saturated rings. The van der Waals surface area contributed by atoms with Crippen LogP contribution in [0.2, 0.25) is 0 Å². The van der Waals surface area contributed by atoms with E-state index < -0.39 is 0 Å². The van der Waals surface area contributed by atoms with Crippen LogP contribution >= 0.6 is 0 Å². The first-order chi connectivity index (χ1) is 9.98. The van der Waals surface area contributed by atoms with Gasteiger partial charge in [0.15, 0.2) is 5.82 Å². The van der Waals surface area contributed by atoms with Gasteiger partial charge < -0.3 is 10.3 Å². The Hall–Kier alpha value is -1.42. The lowest BCUT2D eigenvalue weighted by atomic mass is 9.84. The van der Waals surface area contributed by atoms with Crippen LogP contribution in [0.1, 0.15) is 45.9 Å². The van der Waals surface area contributed by atoms with Crippen LogP contribution in [0.5, 0.6) is 0 Å². The first kappa shape index (κ1) is 16.0. The van der Waals surface area contributed by atoms with Gasteiger partial charge in [-0.15, -0.1) is 0 Å². The van der Waals surface area contributed by atoms with Crippen molar-refractivity contribution in [3.63, 3.8) is 0 Å². The molecule has 0 aliphatic rings. The number of aromatic nitrogens is 2. The molecule has 0 saturated carbocycles. The van der Waals surface area contributed by atoms with E-state index in [0.29, 0.717) is 12.1 Å². The van der Waals surface area contributed by atoms with Crippen LogP contribution in [0.25, 0.3) is 11.0 Å². The maximum absolute atomic E-state index is 13.9. The standard InChI is InChI=1S/C17H26FN3/c1-4-12-21-14-7-5-6-13(18)16(14)20-15(21)8-9-17(2,3)10-11-19/h5-7H,4,8-12,19H2,1-3H3. The highest BCUT2D eigenvalue weighted by atomic mass is 19.1. The molecule has 0 aliphatic carbocycles. The van der Waals surface area contributed by atoms with Crippen molar-refractivity contribution < 1.29 is 4.39 Å². The summed E-state index contributed by atoms with van der Waals surface area (Å²) in [5.74, 6) is 0.756. The molecule has 0 amide bonds. The summed E-state index contributed by atoms with van der Waals surface area (Å²) in [6.45, 7) is 8.17. The molecule has 3 nitrogen and oxygen atoms in total. The molecule has 2 aromatic rings. The molecule has 0 bridgehead atoms. The lowest BCUT2D eigenvalue weighted by Crippen LogP contribution is -2.18. The van der Waals surface area contributed by atoms with E-state index in [9.17, 15) is 4.39 Å². The molecule has 1 aromatic carbocycles. The van der Waals surface area contributed by atoms with Gasteiger partial charge >= 0.3 is 0 Å². The second kappa shape index (κ2) is 6.56. The molecule has 0 aliphatic heterocycles. The number of benzene rings is 1. The van der Waals surface area contributed by atoms with E-state index in [1.54, 1.807) is 6.07 Å². The van der Waals surface area contributed by atoms with E-state index in [1.807, 2.05) is 6.07 Å². The van der Waals surface area contributed by atoms with Gasteiger partial charge in [0.2, 0.25) is 0 Å². The Labute approximate surface area is 126 Å². The third-order valence-electron chi connectivity index (χ3n) is 4.10. The molecular weight excluding hydrogens is 265 g/mol. The van der Waals surface area contributed by atoms with Gasteiger partial charge in [-0.1, -0.05) is 26.8 Å². The van der Waals surface area contributed by atoms with Crippen LogP contribution < -0.4 is 5.73 Å². The van der Waals surface area contributed by atoms with Gasteiger partial charge in [0.25, 0.3) is 0 Å². The molecule has 21 heavy (non-hydrogen) atoms. The smallest absolute Gasteiger partial charge is 0.151 e. The number of aryl methyl sites for hydroxylation is 2. The van der Waals surface area contributed by atoms with Gasteiger partial charge in [-0.25, -0.2) is 9.37 Å². The van der Waals surface area contributed by atoms with Crippen LogP contribution in [0, 0.1) is 11.2 Å². The second-order valence-corrected chi connectivity index (χ2v) is 6.49. The van der Waals surface area contributed by atoms with Crippen LogP contribution in [0.4, 0.5) is 4.39 Å². The lowest BCUT2D eigenvalue weighted by Gasteiger charge is -2.23. The van der Waals surface area contributed by atoms with E-state index in [4.69, 9.17) is 5.73 Å². The average molecular weight is 291 g/mol. The predicted molar refractivity (Wildman–Crippen MR) is 85.8 cm³/mol. The topological polar surface area (TPSA) is 43.8 Å². The van der Waals surface area contributed by atoms with E-state index in [1.165, 1.54) is 6.07 Å². The first-order valence-electron chi connectivity index (χ1n) is 7.82. The van der Waals surface area contributed by atoms with Gasteiger partial charge in [0.1, 0.15) is 11.3 Å². The Morgan fingerprint density at radius 1 is 1.29 bits per heavy atom. The van der Waals surface area contributed by atoms with E-state index >= 15 is 0 Å². The van der Waals surface area contributed by atoms with Gasteiger partial charge in [-0.3, -0.25) is 0 Å². The Bertz CT molecular complexity index is 601. The van der Waals surface area contributed by atoms with Gasteiger partial charge in [-0.2, -0.15) is 0 Å². The highest BCUT2D eigenvalue weighted by molar-refractivity contribution is 5.76. The lowest BCUT2D eigenvalue weighted by molar-refractivity contribution is 0.309. The van der Waals surface area contributed by atoms with Crippen molar-refractivity contribution in [1.82, 2.24) is 9.55 Å². The maximum atomic E-state index is 13.9. The van der Waals surface area contributed by atoms with Crippen LogP contribution in [0.15, 0.2) is 18.2 Å². The number of para-hydroxylation sites is 1. The first-order valence-corrected chi connectivity index (χ1v) is 7.82. The summed E-state index contributed by atoms with van der Waals surface area (Å²) in [6.07, 6.45) is 3.89. The summed E-state index contributed by atoms with van der Waals surface area (Å²) in [5, 5.41) is 0. The normalized spacial score (nSPS) is 12.2. The summed E-state index contributed by atoms with van der Waals surface area (Å²) in [4.78, 5) is 4.55. The fourth-order valence-electron chi connectivity index (χ4n) is 2.79. The zero-order valence-electron chi connectivity index (χ0n) is 13.3. The zero-order valence-corrected chi connectivity index (χ0v) is 13.3. The van der Waals surface area contributed by atoms with Crippen molar-refractivity contribution in [2.24, 2.45) is 11.1 Å². The minimum Gasteiger partial charge on any atom is -0.330 e. The summed E-state index contributed by atoms with van der Waals surface area (Å²) >= 11 is 0. The molecule has 2 rings (SSSR count). The fourth-order valence-corrected chi connectivity index (χ4v) is 2.79. The van der Waals surface area contributed by atoms with Crippen molar-refractivity contribution in [2.75, 3.05) is 6.54 Å². The minimum atomic E-state index is -0.232. The monoisotopic (exact) mass is 291 g/mol. The number of nitrogens with two attached hydrogens (primary N) is 1. The van der Waals surface area contributed by atoms with Crippen LogP contribution in [-0.4, -0.2) is 16.1 Å². The quantitative estimate of drug-likeness (QED) is 0.841. The fraction of sp³-hybridized carbons (Fsp3) is 0.588. The van der Waals surface area contributed by atoms with Crippen molar-refractivity contribution >= 4 is 11.0 Å². The number of hydrogen-bond acceptors (Lipinski definition) is 2. The van der Waals surface area contributed by atoms with Crippen molar-refractivity contribution in [3.05, 3.63) is 29.8 Å². The number of halogens is 1. The average Bonchev–Trinajstić information content (AvgIpc) is 2.77. The zero-order chi connectivity index (χ0) is 15.5. The minimum absolute atomic E-state index is 0.197. The van der Waals surface area contributed by atoms with Gasteiger partial charge in [0, 0.05) is 13.0 Å². The molecule has 1 aromatic heterocycles. The molecule has 0 saturated heterocycles. The van der Waals surface area contributed by atoms with Crippen LogP contribution in [0.3, 0.4) is 0 Å². The summed E-state index contributed by atoms with van der Waals surface area (Å²) in [7, 11) is 0. The summed E-state index contributed by atoms with van der Waals surface area (Å²) in [6, 6.07) is 5.19. The summed E-state index contributed by atoms with van der Waals surface area (Å²) < 4.78 is 16.1. The SMILES string of the molecule is CCCn1c(CCC(C)(C)CCN)nc2c(F)cccc21. The van der Waals surface area contributed by atoms with Gasteiger partial charge in [-0.05, 0) is 43.4 Å². The molecule has 0 radical (unpaired) electrons. The third kappa shape index (κ3) is 3.62. The highest BCUT2D eigenvalue weighted by Gasteiger charge is 2.19. The van der Waals surface area contributed by atoms with Crippen LogP contribution in [-0.2, 0) is 13.0 Å². The molecule has 2 N–H and O–H groups in total. The molecule has 0 spiro atoms. The predicted octanol–water partition coefficient (Wildman–Crippen LogP) is 3.89. The van der Waals surface area contributed by atoms with E-state index in [2.05, 4.69) is 30.3 Å². The molecule has 0 unspecified atom stereocenters. The van der Waals surface area contributed by atoms with Gasteiger partial charge in [0.05, 0.1) is 5.52 Å². The molecule has 0 atom stereocenters. The number of hydrogen-bond donors (Lipinski definition) is 1. The molecule has 1 heterocycles. The number of fused-ring (bicyclic) bond motifs is 1. The van der Waals surface area contributed by atoms with Crippen molar-refractivity contribution in [2.45, 2.75) is 53.0 Å². The van der Waals surface area contributed by atoms with E-state index in [-0.39, 0.29) is 11.2 Å². The van der Waals surface area contributed by atoms with Crippen molar-refractivity contribution in [3.8, 4) is 0 Å². The molecule has 116 valence electrons. The maximum Gasteiger partial charge on any atom is 0.151 e. The molecular formula is C17H26FN3. The Kier molecular flexibility index (Phi) is 4.99. The molecule has 4 heteroatoms. The Morgan fingerprint density at radius 2 is 2.05 bits per heavy atom. The summed E-state index contributed by atoms with van der Waals surface area (Å²) in [5.41, 5.74) is 7.27. The van der Waals surface area contributed by atoms with Crippen molar-refractivity contribution in [1.29, 1.82) is 0 Å². The Balaban J connectivity index is 2.30. The number of imidazole rings is 1. The number of nitrogens with zero attached hydrogens (tertiary/aromatic N) is 2. The number of rotatable bonds is 7. The highest BCUT2D eigenvalue weighted by Crippen LogP contribution is 2.28. The largest absolute Gasteiger partial charge is 0.330 e.